The Morgan fingerprint density at radius 3 is 2.82 bits per heavy atom. The van der Waals surface area contributed by atoms with Crippen molar-refractivity contribution in [1.29, 1.82) is 0 Å². The molecule has 2 N–H and O–H groups in total. The second-order valence-corrected chi connectivity index (χ2v) is 4.62. The van der Waals surface area contributed by atoms with Gasteiger partial charge in [0.1, 0.15) is 5.82 Å². The first-order chi connectivity index (χ1) is 8.08. The Morgan fingerprint density at radius 1 is 1.59 bits per heavy atom. The van der Waals surface area contributed by atoms with Crippen LogP contribution in [0.2, 0.25) is 0 Å². The van der Waals surface area contributed by atoms with Gasteiger partial charge in [-0.1, -0.05) is 12.1 Å². The summed E-state index contributed by atoms with van der Waals surface area (Å²) in [4.78, 5) is 13.7. The molecule has 1 atom stereocenters. The summed E-state index contributed by atoms with van der Waals surface area (Å²) in [5.41, 5.74) is 6.43. The Kier molecular flexibility index (Phi) is 3.43. The molecule has 17 heavy (non-hydrogen) atoms. The largest absolute Gasteiger partial charge is 0.334 e. The van der Waals surface area contributed by atoms with Crippen LogP contribution in [-0.2, 0) is 11.3 Å². The first kappa shape index (κ1) is 12.0. The van der Waals surface area contributed by atoms with Crippen LogP contribution in [-0.4, -0.2) is 22.9 Å². The predicted molar refractivity (Wildman–Crippen MR) is 63.6 cm³/mol. The summed E-state index contributed by atoms with van der Waals surface area (Å²) in [7, 11) is 0. The number of halogens is 1. The van der Waals surface area contributed by atoms with E-state index in [4.69, 9.17) is 5.73 Å². The maximum atomic E-state index is 13.1. The highest BCUT2D eigenvalue weighted by atomic mass is 19.1. The van der Waals surface area contributed by atoms with E-state index in [9.17, 15) is 9.18 Å². The van der Waals surface area contributed by atoms with Gasteiger partial charge in [0.2, 0.25) is 5.91 Å². The number of carbonyl (C=O) groups is 1. The molecular formula is C13H17FN2O. The summed E-state index contributed by atoms with van der Waals surface area (Å²) in [5.74, 6) is -0.330. The molecule has 0 radical (unpaired) electrons. The Labute approximate surface area is 100 Å². The van der Waals surface area contributed by atoms with E-state index in [2.05, 4.69) is 0 Å². The summed E-state index contributed by atoms with van der Waals surface area (Å²) in [5, 5.41) is 0. The lowest BCUT2D eigenvalue weighted by atomic mass is 10.2. The first-order valence-electron chi connectivity index (χ1n) is 5.88. The highest BCUT2D eigenvalue weighted by Crippen LogP contribution is 2.28. The fourth-order valence-electron chi connectivity index (χ4n) is 1.87. The lowest BCUT2D eigenvalue weighted by Gasteiger charge is -2.24. The summed E-state index contributed by atoms with van der Waals surface area (Å²) in [6.07, 6.45) is 2.04. The van der Waals surface area contributed by atoms with E-state index >= 15 is 0 Å². The second kappa shape index (κ2) is 4.84. The number of nitrogens with two attached hydrogens (primary N) is 1. The maximum Gasteiger partial charge on any atom is 0.239 e. The molecule has 1 aromatic carbocycles. The molecule has 3 nitrogen and oxygen atoms in total. The van der Waals surface area contributed by atoms with E-state index in [-0.39, 0.29) is 17.8 Å². The van der Waals surface area contributed by atoms with E-state index in [0.29, 0.717) is 6.54 Å². The molecule has 2 rings (SSSR count). The van der Waals surface area contributed by atoms with Gasteiger partial charge >= 0.3 is 0 Å². The van der Waals surface area contributed by atoms with Crippen molar-refractivity contribution in [1.82, 2.24) is 4.90 Å². The molecule has 0 aliphatic heterocycles. The lowest BCUT2D eigenvalue weighted by molar-refractivity contribution is -0.133. The third-order valence-electron chi connectivity index (χ3n) is 2.90. The van der Waals surface area contributed by atoms with Crippen molar-refractivity contribution in [3.05, 3.63) is 35.6 Å². The van der Waals surface area contributed by atoms with Crippen LogP contribution in [0.1, 0.15) is 25.3 Å². The predicted octanol–water partition coefficient (Wildman–Crippen LogP) is 1.66. The third kappa shape index (κ3) is 3.03. The molecular weight excluding hydrogens is 219 g/mol. The summed E-state index contributed by atoms with van der Waals surface area (Å²) in [6.45, 7) is 2.13. The molecule has 1 aliphatic rings. The van der Waals surface area contributed by atoms with E-state index in [1.165, 1.54) is 12.1 Å². The fraction of sp³-hybridized carbons (Fsp3) is 0.462. The van der Waals surface area contributed by atoms with Crippen LogP contribution in [0.3, 0.4) is 0 Å². The quantitative estimate of drug-likeness (QED) is 0.864. The standard InChI is InChI=1S/C13H17FN2O/c1-9(15)13(17)16(12-5-6-12)8-10-3-2-4-11(14)7-10/h2-4,7,9,12H,5-6,8,15H2,1H3. The van der Waals surface area contributed by atoms with E-state index in [1.807, 2.05) is 6.07 Å². The van der Waals surface area contributed by atoms with Gasteiger partial charge in [-0.15, -0.1) is 0 Å². The minimum absolute atomic E-state index is 0.0586. The molecule has 0 spiro atoms. The Hall–Kier alpha value is -1.42. The average molecular weight is 236 g/mol. The van der Waals surface area contributed by atoms with Gasteiger partial charge in [0.15, 0.2) is 0 Å². The van der Waals surface area contributed by atoms with Crippen LogP contribution < -0.4 is 5.73 Å². The number of hydrogen-bond acceptors (Lipinski definition) is 2. The highest BCUT2D eigenvalue weighted by Gasteiger charge is 2.33. The Bertz CT molecular complexity index is 416. The van der Waals surface area contributed by atoms with Crippen LogP contribution in [0.15, 0.2) is 24.3 Å². The molecule has 92 valence electrons. The topological polar surface area (TPSA) is 46.3 Å². The molecule has 0 bridgehead atoms. The molecule has 4 heteroatoms. The smallest absolute Gasteiger partial charge is 0.239 e. The SMILES string of the molecule is CC(N)C(=O)N(Cc1cccc(F)c1)C1CC1. The molecule has 0 saturated heterocycles. The average Bonchev–Trinajstić information content (AvgIpc) is 3.09. The van der Waals surface area contributed by atoms with Crippen molar-refractivity contribution in [3.8, 4) is 0 Å². The zero-order chi connectivity index (χ0) is 12.4. The Balaban J connectivity index is 2.10. The summed E-state index contributed by atoms with van der Waals surface area (Å²) < 4.78 is 13.1. The third-order valence-corrected chi connectivity index (χ3v) is 2.90. The lowest BCUT2D eigenvalue weighted by Crippen LogP contribution is -2.42. The van der Waals surface area contributed by atoms with Gasteiger partial charge in [-0.05, 0) is 37.5 Å². The number of amides is 1. The number of rotatable bonds is 4. The number of hydrogen-bond donors (Lipinski definition) is 1. The van der Waals surface area contributed by atoms with Crippen molar-refractivity contribution in [2.45, 2.75) is 38.4 Å². The first-order valence-corrected chi connectivity index (χ1v) is 5.88. The van der Waals surface area contributed by atoms with Gasteiger partial charge < -0.3 is 10.6 Å². The second-order valence-electron chi connectivity index (χ2n) is 4.62. The van der Waals surface area contributed by atoms with Gasteiger partial charge in [-0.3, -0.25) is 4.79 Å². The fourth-order valence-corrected chi connectivity index (χ4v) is 1.87. The molecule has 1 saturated carbocycles. The van der Waals surface area contributed by atoms with Crippen LogP contribution in [0.25, 0.3) is 0 Å². The van der Waals surface area contributed by atoms with Crippen molar-refractivity contribution < 1.29 is 9.18 Å². The van der Waals surface area contributed by atoms with E-state index < -0.39 is 6.04 Å². The highest BCUT2D eigenvalue weighted by molar-refractivity contribution is 5.81. The van der Waals surface area contributed by atoms with Gasteiger partial charge in [0.05, 0.1) is 6.04 Å². The van der Waals surface area contributed by atoms with Crippen LogP contribution in [0, 0.1) is 5.82 Å². The minimum atomic E-state index is -0.496. The zero-order valence-corrected chi connectivity index (χ0v) is 9.90. The Morgan fingerprint density at radius 2 is 2.29 bits per heavy atom. The van der Waals surface area contributed by atoms with Crippen LogP contribution >= 0.6 is 0 Å². The minimum Gasteiger partial charge on any atom is -0.334 e. The van der Waals surface area contributed by atoms with Crippen LogP contribution in [0.4, 0.5) is 4.39 Å². The molecule has 1 unspecified atom stereocenters. The van der Waals surface area contributed by atoms with E-state index in [1.54, 1.807) is 17.9 Å². The molecule has 0 heterocycles. The number of nitrogens with zero attached hydrogens (tertiary/aromatic N) is 1. The van der Waals surface area contributed by atoms with Gasteiger partial charge in [0.25, 0.3) is 0 Å². The van der Waals surface area contributed by atoms with Gasteiger partial charge in [-0.2, -0.15) is 0 Å². The molecule has 1 aromatic rings. The van der Waals surface area contributed by atoms with Gasteiger partial charge in [0, 0.05) is 12.6 Å². The van der Waals surface area contributed by atoms with Crippen LogP contribution in [0.5, 0.6) is 0 Å². The molecule has 1 aliphatic carbocycles. The van der Waals surface area contributed by atoms with E-state index in [0.717, 1.165) is 18.4 Å². The molecule has 1 amide bonds. The van der Waals surface area contributed by atoms with Gasteiger partial charge in [-0.25, -0.2) is 4.39 Å². The molecule has 0 aromatic heterocycles. The summed E-state index contributed by atoms with van der Waals surface area (Å²) in [6, 6.07) is 6.14. The zero-order valence-electron chi connectivity index (χ0n) is 9.90. The van der Waals surface area contributed by atoms with Crippen molar-refractivity contribution in [2.24, 2.45) is 5.73 Å². The normalized spacial score (nSPS) is 16.6. The monoisotopic (exact) mass is 236 g/mol. The van der Waals surface area contributed by atoms with Crippen molar-refractivity contribution in [2.75, 3.05) is 0 Å². The number of carbonyl (C=O) groups excluding carboxylic acids is 1. The van der Waals surface area contributed by atoms with Crippen molar-refractivity contribution >= 4 is 5.91 Å². The number of benzene rings is 1. The molecule has 1 fully saturated rings. The van der Waals surface area contributed by atoms with Crippen molar-refractivity contribution in [3.63, 3.8) is 0 Å². The summed E-state index contributed by atoms with van der Waals surface area (Å²) >= 11 is 0. The maximum absolute atomic E-state index is 13.1.